The fourth-order valence-electron chi connectivity index (χ4n) is 2.01. The van der Waals surface area contributed by atoms with E-state index in [1.54, 1.807) is 11.3 Å². The monoisotopic (exact) mass is 282 g/mol. The topological polar surface area (TPSA) is 38.0 Å². The minimum Gasteiger partial charge on any atom is -0.271 e. The van der Waals surface area contributed by atoms with Crippen molar-refractivity contribution < 1.29 is 8.78 Å². The van der Waals surface area contributed by atoms with Gasteiger partial charge in [-0.1, -0.05) is 13.0 Å². The Labute approximate surface area is 115 Å². The summed E-state index contributed by atoms with van der Waals surface area (Å²) in [7, 11) is 0. The van der Waals surface area contributed by atoms with E-state index in [1.807, 2.05) is 12.1 Å². The van der Waals surface area contributed by atoms with Crippen LogP contribution in [0.5, 0.6) is 0 Å². The largest absolute Gasteiger partial charge is 0.271 e. The lowest BCUT2D eigenvalue weighted by Crippen LogP contribution is -2.30. The maximum absolute atomic E-state index is 13.7. The van der Waals surface area contributed by atoms with Crippen molar-refractivity contribution in [2.75, 3.05) is 0 Å². The first-order valence-corrected chi connectivity index (χ1v) is 6.95. The van der Waals surface area contributed by atoms with Crippen molar-refractivity contribution in [2.24, 2.45) is 5.84 Å². The van der Waals surface area contributed by atoms with E-state index in [0.29, 0.717) is 6.42 Å². The maximum atomic E-state index is 13.7. The van der Waals surface area contributed by atoms with Crippen LogP contribution in [0.15, 0.2) is 30.3 Å². The van der Waals surface area contributed by atoms with Crippen molar-refractivity contribution in [1.82, 2.24) is 5.43 Å². The molecule has 0 spiro atoms. The van der Waals surface area contributed by atoms with Crippen LogP contribution in [0.3, 0.4) is 0 Å². The Hall–Kier alpha value is -1.30. The summed E-state index contributed by atoms with van der Waals surface area (Å²) in [6.07, 6.45) is 1.43. The number of halogens is 2. The Balaban J connectivity index is 2.25. The van der Waals surface area contributed by atoms with Crippen LogP contribution in [0.4, 0.5) is 8.78 Å². The summed E-state index contributed by atoms with van der Waals surface area (Å²) in [5, 5.41) is 0. The van der Waals surface area contributed by atoms with Crippen LogP contribution in [-0.4, -0.2) is 0 Å². The Morgan fingerprint density at radius 1 is 1.16 bits per heavy atom. The molecular weight excluding hydrogens is 266 g/mol. The highest BCUT2D eigenvalue weighted by Gasteiger charge is 2.20. The van der Waals surface area contributed by atoms with E-state index in [4.69, 9.17) is 5.84 Å². The van der Waals surface area contributed by atoms with E-state index in [2.05, 4.69) is 12.3 Å². The molecule has 0 aliphatic heterocycles. The number of nitrogens with two attached hydrogens (primary N) is 1. The summed E-state index contributed by atoms with van der Waals surface area (Å²) in [6, 6.07) is 7.29. The Kier molecular flexibility index (Phi) is 4.63. The van der Waals surface area contributed by atoms with Crippen LogP contribution in [0.2, 0.25) is 0 Å². The van der Waals surface area contributed by atoms with Crippen LogP contribution in [0.25, 0.3) is 0 Å². The number of thiophene rings is 1. The predicted octanol–water partition coefficient (Wildman–Crippen LogP) is 3.34. The summed E-state index contributed by atoms with van der Waals surface area (Å²) < 4.78 is 27.5. The first-order chi connectivity index (χ1) is 9.15. The number of nitrogens with one attached hydrogen (secondary N) is 1. The van der Waals surface area contributed by atoms with Gasteiger partial charge in [0.05, 0.1) is 6.04 Å². The second-order valence-electron chi connectivity index (χ2n) is 4.28. The molecule has 0 saturated heterocycles. The van der Waals surface area contributed by atoms with Crippen LogP contribution < -0.4 is 11.3 Å². The van der Waals surface area contributed by atoms with Crippen molar-refractivity contribution in [3.8, 4) is 0 Å². The van der Waals surface area contributed by atoms with Gasteiger partial charge in [0.2, 0.25) is 0 Å². The quantitative estimate of drug-likeness (QED) is 0.652. The SMILES string of the molecule is CCc1ccc(CC(NN)c2c(F)cccc2F)s1. The number of aryl methyl sites for hydroxylation is 1. The molecule has 0 radical (unpaired) electrons. The average Bonchev–Trinajstić information content (AvgIpc) is 2.85. The zero-order chi connectivity index (χ0) is 13.8. The summed E-state index contributed by atoms with van der Waals surface area (Å²) in [5.74, 6) is 4.30. The number of rotatable bonds is 5. The number of hydrazine groups is 1. The van der Waals surface area contributed by atoms with Gasteiger partial charge in [0, 0.05) is 21.7 Å². The Bertz CT molecular complexity index is 534. The van der Waals surface area contributed by atoms with Crippen LogP contribution in [0, 0.1) is 11.6 Å². The number of hydrogen-bond acceptors (Lipinski definition) is 3. The highest BCUT2D eigenvalue weighted by atomic mass is 32.1. The summed E-state index contributed by atoms with van der Waals surface area (Å²) in [6.45, 7) is 2.07. The first-order valence-electron chi connectivity index (χ1n) is 6.13. The molecule has 1 atom stereocenters. The molecule has 0 fully saturated rings. The van der Waals surface area contributed by atoms with Gasteiger partial charge >= 0.3 is 0 Å². The minimum atomic E-state index is -0.574. The van der Waals surface area contributed by atoms with Crippen molar-refractivity contribution in [3.63, 3.8) is 0 Å². The molecule has 0 aliphatic carbocycles. The second kappa shape index (κ2) is 6.23. The zero-order valence-electron chi connectivity index (χ0n) is 10.6. The van der Waals surface area contributed by atoms with Gasteiger partial charge < -0.3 is 0 Å². The van der Waals surface area contributed by atoms with E-state index in [-0.39, 0.29) is 5.56 Å². The van der Waals surface area contributed by atoms with Gasteiger partial charge in [0.15, 0.2) is 0 Å². The normalized spacial score (nSPS) is 12.6. The van der Waals surface area contributed by atoms with Gasteiger partial charge in [0.25, 0.3) is 0 Å². The lowest BCUT2D eigenvalue weighted by atomic mass is 10.0. The number of benzene rings is 1. The highest BCUT2D eigenvalue weighted by Crippen LogP contribution is 2.27. The molecule has 1 unspecified atom stereocenters. The van der Waals surface area contributed by atoms with Crippen LogP contribution in [0.1, 0.15) is 28.3 Å². The molecular formula is C14H16F2N2S. The van der Waals surface area contributed by atoms with Crippen molar-refractivity contribution in [3.05, 3.63) is 57.3 Å². The van der Waals surface area contributed by atoms with Gasteiger partial charge in [0.1, 0.15) is 11.6 Å². The van der Waals surface area contributed by atoms with Crippen molar-refractivity contribution >= 4 is 11.3 Å². The van der Waals surface area contributed by atoms with Crippen molar-refractivity contribution in [2.45, 2.75) is 25.8 Å². The van der Waals surface area contributed by atoms with E-state index >= 15 is 0 Å². The highest BCUT2D eigenvalue weighted by molar-refractivity contribution is 7.11. The third kappa shape index (κ3) is 3.18. The van der Waals surface area contributed by atoms with Crippen LogP contribution >= 0.6 is 11.3 Å². The molecule has 19 heavy (non-hydrogen) atoms. The molecule has 2 aromatic rings. The van der Waals surface area contributed by atoms with Crippen molar-refractivity contribution in [1.29, 1.82) is 0 Å². The smallest absolute Gasteiger partial charge is 0.130 e. The third-order valence-corrected chi connectivity index (χ3v) is 4.27. The molecule has 2 rings (SSSR count). The molecule has 1 heterocycles. The van der Waals surface area contributed by atoms with Gasteiger partial charge in [-0.2, -0.15) is 0 Å². The summed E-state index contributed by atoms with van der Waals surface area (Å²) in [5.41, 5.74) is 2.50. The average molecular weight is 282 g/mol. The molecule has 5 heteroatoms. The van der Waals surface area contributed by atoms with Gasteiger partial charge in [-0.15, -0.1) is 11.3 Å². The molecule has 0 aliphatic rings. The van der Waals surface area contributed by atoms with Gasteiger partial charge in [-0.3, -0.25) is 11.3 Å². The Morgan fingerprint density at radius 3 is 2.32 bits per heavy atom. The maximum Gasteiger partial charge on any atom is 0.130 e. The Morgan fingerprint density at radius 2 is 1.79 bits per heavy atom. The summed E-state index contributed by atoms with van der Waals surface area (Å²) in [4.78, 5) is 2.31. The number of hydrogen-bond donors (Lipinski definition) is 2. The molecule has 2 nitrogen and oxygen atoms in total. The molecule has 1 aromatic heterocycles. The molecule has 102 valence electrons. The fourth-order valence-corrected chi connectivity index (χ4v) is 3.01. The zero-order valence-corrected chi connectivity index (χ0v) is 11.4. The molecule has 0 saturated carbocycles. The minimum absolute atomic E-state index is 0.00329. The van der Waals surface area contributed by atoms with Gasteiger partial charge in [-0.05, 0) is 30.7 Å². The van der Waals surface area contributed by atoms with Crippen LogP contribution in [-0.2, 0) is 12.8 Å². The van der Waals surface area contributed by atoms with E-state index in [9.17, 15) is 8.78 Å². The molecule has 0 amide bonds. The fraction of sp³-hybridized carbons (Fsp3) is 0.286. The second-order valence-corrected chi connectivity index (χ2v) is 5.53. The standard InChI is InChI=1S/C14H16F2N2S/c1-2-9-6-7-10(19-9)8-13(18-17)14-11(15)4-3-5-12(14)16/h3-7,13,18H,2,8,17H2,1H3. The molecule has 1 aromatic carbocycles. The van der Waals surface area contributed by atoms with E-state index in [0.717, 1.165) is 11.3 Å². The van der Waals surface area contributed by atoms with Gasteiger partial charge in [-0.25, -0.2) is 8.78 Å². The lowest BCUT2D eigenvalue weighted by Gasteiger charge is -2.16. The molecule has 0 bridgehead atoms. The third-order valence-electron chi connectivity index (χ3n) is 3.02. The van der Waals surface area contributed by atoms with E-state index < -0.39 is 17.7 Å². The summed E-state index contributed by atoms with van der Waals surface area (Å²) >= 11 is 1.64. The lowest BCUT2D eigenvalue weighted by molar-refractivity contribution is 0.474. The predicted molar refractivity (Wildman–Crippen MR) is 73.8 cm³/mol. The molecule has 3 N–H and O–H groups in total. The van der Waals surface area contributed by atoms with E-state index in [1.165, 1.54) is 23.1 Å². The first kappa shape index (κ1) is 14.1.